The van der Waals surface area contributed by atoms with E-state index in [2.05, 4.69) is 21.0 Å². The van der Waals surface area contributed by atoms with Crippen LogP contribution in [0.25, 0.3) is 5.52 Å². The second-order valence-corrected chi connectivity index (χ2v) is 3.32. The first-order valence-corrected chi connectivity index (χ1v) is 4.28. The summed E-state index contributed by atoms with van der Waals surface area (Å²) in [5.74, 6) is 0.633. The fourth-order valence-electron chi connectivity index (χ4n) is 1.04. The maximum absolute atomic E-state index is 4.99. The van der Waals surface area contributed by atoms with Gasteiger partial charge in [0.25, 0.3) is 0 Å². The molecule has 4 heteroatoms. The van der Waals surface area contributed by atoms with Gasteiger partial charge in [-0.3, -0.25) is 0 Å². The zero-order valence-corrected chi connectivity index (χ0v) is 8.08. The first-order chi connectivity index (χ1) is 5.79. The van der Waals surface area contributed by atoms with Crippen molar-refractivity contribution in [3.8, 4) is 5.88 Å². The van der Waals surface area contributed by atoms with E-state index < -0.39 is 0 Å². The third-order valence-corrected chi connectivity index (χ3v) is 2.08. The molecule has 0 fully saturated rings. The fraction of sp³-hybridized carbons (Fsp3) is 0.125. The summed E-state index contributed by atoms with van der Waals surface area (Å²) in [5.41, 5.74) is 1.02. The minimum atomic E-state index is 0.633. The first-order valence-electron chi connectivity index (χ1n) is 3.48. The summed E-state index contributed by atoms with van der Waals surface area (Å²) in [6, 6.07) is 5.82. The Labute approximate surface area is 78.1 Å². The highest BCUT2D eigenvalue weighted by atomic mass is 79.9. The van der Waals surface area contributed by atoms with Gasteiger partial charge in [0.2, 0.25) is 5.88 Å². The lowest BCUT2D eigenvalue weighted by Crippen LogP contribution is -1.87. The number of halogens is 1. The van der Waals surface area contributed by atoms with Gasteiger partial charge < -0.3 is 4.74 Å². The SMILES string of the molecule is COc1cc2ccc(Br)cn2n1. The molecular weight excluding hydrogens is 220 g/mol. The van der Waals surface area contributed by atoms with Crippen molar-refractivity contribution in [3.63, 3.8) is 0 Å². The number of methoxy groups -OCH3 is 1. The Kier molecular flexibility index (Phi) is 1.77. The van der Waals surface area contributed by atoms with Gasteiger partial charge in [-0.25, -0.2) is 4.52 Å². The molecule has 0 amide bonds. The predicted molar refractivity (Wildman–Crippen MR) is 49.4 cm³/mol. The van der Waals surface area contributed by atoms with E-state index in [4.69, 9.17) is 4.74 Å². The standard InChI is InChI=1S/C8H7BrN2O/c1-12-8-4-7-3-2-6(9)5-11(7)10-8/h2-5H,1H3. The third-order valence-electron chi connectivity index (χ3n) is 1.61. The molecule has 0 aromatic carbocycles. The highest BCUT2D eigenvalue weighted by molar-refractivity contribution is 9.10. The van der Waals surface area contributed by atoms with Gasteiger partial charge in [0, 0.05) is 16.7 Å². The number of pyridine rings is 1. The van der Waals surface area contributed by atoms with E-state index in [1.807, 2.05) is 24.4 Å². The van der Waals surface area contributed by atoms with Crippen molar-refractivity contribution in [3.05, 3.63) is 28.9 Å². The molecule has 2 aromatic rings. The lowest BCUT2D eigenvalue weighted by molar-refractivity contribution is 0.395. The van der Waals surface area contributed by atoms with Gasteiger partial charge in [0.1, 0.15) is 0 Å². The number of fused-ring (bicyclic) bond motifs is 1. The molecule has 2 rings (SSSR count). The largest absolute Gasteiger partial charge is 0.480 e. The Morgan fingerprint density at radius 3 is 3.08 bits per heavy atom. The number of nitrogens with zero attached hydrogens (tertiary/aromatic N) is 2. The van der Waals surface area contributed by atoms with Crippen LogP contribution in [0.5, 0.6) is 5.88 Å². The van der Waals surface area contributed by atoms with Gasteiger partial charge in [-0.1, -0.05) is 0 Å². The number of aromatic nitrogens is 2. The van der Waals surface area contributed by atoms with Crippen LogP contribution in [0.15, 0.2) is 28.9 Å². The molecule has 0 aliphatic carbocycles. The number of hydrogen-bond donors (Lipinski definition) is 0. The van der Waals surface area contributed by atoms with Crippen molar-refractivity contribution in [2.75, 3.05) is 7.11 Å². The van der Waals surface area contributed by atoms with Gasteiger partial charge in [-0.05, 0) is 28.1 Å². The molecule has 0 atom stereocenters. The van der Waals surface area contributed by atoms with Crippen LogP contribution < -0.4 is 4.74 Å². The molecule has 2 aromatic heterocycles. The van der Waals surface area contributed by atoms with Gasteiger partial charge in [0.15, 0.2) is 0 Å². The molecule has 0 bridgehead atoms. The summed E-state index contributed by atoms with van der Waals surface area (Å²) >= 11 is 3.36. The van der Waals surface area contributed by atoms with E-state index in [0.29, 0.717) is 5.88 Å². The molecule has 0 saturated carbocycles. The van der Waals surface area contributed by atoms with E-state index in [0.717, 1.165) is 9.99 Å². The molecular formula is C8H7BrN2O. The number of ether oxygens (including phenoxy) is 1. The maximum atomic E-state index is 4.99. The van der Waals surface area contributed by atoms with Crippen LogP contribution in [0.3, 0.4) is 0 Å². The molecule has 0 saturated heterocycles. The number of rotatable bonds is 1. The Bertz CT molecular complexity index is 410. The fourth-order valence-corrected chi connectivity index (χ4v) is 1.36. The summed E-state index contributed by atoms with van der Waals surface area (Å²) in [5, 5.41) is 4.16. The summed E-state index contributed by atoms with van der Waals surface area (Å²) in [6.07, 6.45) is 1.89. The normalized spacial score (nSPS) is 10.5. The van der Waals surface area contributed by atoms with Crippen molar-refractivity contribution >= 4 is 21.4 Å². The molecule has 0 aliphatic rings. The maximum Gasteiger partial charge on any atom is 0.233 e. The highest BCUT2D eigenvalue weighted by Crippen LogP contribution is 2.15. The van der Waals surface area contributed by atoms with Crippen molar-refractivity contribution in [2.24, 2.45) is 0 Å². The molecule has 2 heterocycles. The third kappa shape index (κ3) is 1.18. The second kappa shape index (κ2) is 2.79. The van der Waals surface area contributed by atoms with Gasteiger partial charge >= 0.3 is 0 Å². The Hall–Kier alpha value is -1.03. The molecule has 3 nitrogen and oxygen atoms in total. The Morgan fingerprint density at radius 1 is 1.50 bits per heavy atom. The summed E-state index contributed by atoms with van der Waals surface area (Å²) in [6.45, 7) is 0. The smallest absolute Gasteiger partial charge is 0.233 e. The Morgan fingerprint density at radius 2 is 2.33 bits per heavy atom. The first kappa shape index (κ1) is 7.61. The van der Waals surface area contributed by atoms with Crippen LogP contribution in [0, 0.1) is 0 Å². The minimum Gasteiger partial charge on any atom is -0.480 e. The lowest BCUT2D eigenvalue weighted by Gasteiger charge is -1.91. The van der Waals surface area contributed by atoms with Crippen molar-refractivity contribution in [2.45, 2.75) is 0 Å². The predicted octanol–water partition coefficient (Wildman–Crippen LogP) is 2.11. The summed E-state index contributed by atoms with van der Waals surface area (Å²) in [7, 11) is 1.61. The van der Waals surface area contributed by atoms with E-state index in [1.54, 1.807) is 11.6 Å². The quantitative estimate of drug-likeness (QED) is 0.745. The van der Waals surface area contributed by atoms with Gasteiger partial charge in [-0.2, -0.15) is 0 Å². The van der Waals surface area contributed by atoms with Crippen LogP contribution in [0.1, 0.15) is 0 Å². The van der Waals surface area contributed by atoms with E-state index in [1.165, 1.54) is 0 Å². The van der Waals surface area contributed by atoms with Crippen LogP contribution >= 0.6 is 15.9 Å². The van der Waals surface area contributed by atoms with Crippen LogP contribution in [0.2, 0.25) is 0 Å². The van der Waals surface area contributed by atoms with Gasteiger partial charge in [-0.15, -0.1) is 5.10 Å². The lowest BCUT2D eigenvalue weighted by atomic mass is 10.4. The zero-order chi connectivity index (χ0) is 8.55. The van der Waals surface area contributed by atoms with Crippen molar-refractivity contribution < 1.29 is 4.74 Å². The monoisotopic (exact) mass is 226 g/mol. The van der Waals surface area contributed by atoms with Crippen molar-refractivity contribution in [1.82, 2.24) is 9.61 Å². The molecule has 0 aliphatic heterocycles. The van der Waals surface area contributed by atoms with Crippen LogP contribution in [0.4, 0.5) is 0 Å². The average Bonchev–Trinajstić information content (AvgIpc) is 2.46. The molecule has 0 spiro atoms. The van der Waals surface area contributed by atoms with Gasteiger partial charge in [0.05, 0.1) is 12.6 Å². The molecule has 0 N–H and O–H groups in total. The molecule has 12 heavy (non-hydrogen) atoms. The van der Waals surface area contributed by atoms with Crippen LogP contribution in [-0.2, 0) is 0 Å². The summed E-state index contributed by atoms with van der Waals surface area (Å²) in [4.78, 5) is 0. The zero-order valence-electron chi connectivity index (χ0n) is 6.49. The van der Waals surface area contributed by atoms with E-state index in [9.17, 15) is 0 Å². The van der Waals surface area contributed by atoms with E-state index in [-0.39, 0.29) is 0 Å². The number of hydrogen-bond acceptors (Lipinski definition) is 2. The topological polar surface area (TPSA) is 26.5 Å². The minimum absolute atomic E-state index is 0.633. The van der Waals surface area contributed by atoms with E-state index >= 15 is 0 Å². The molecule has 62 valence electrons. The highest BCUT2D eigenvalue weighted by Gasteiger charge is 1.99. The average molecular weight is 227 g/mol. The second-order valence-electron chi connectivity index (χ2n) is 2.40. The Balaban J connectivity index is 2.67. The molecule has 0 unspecified atom stereocenters. The summed E-state index contributed by atoms with van der Waals surface area (Å²) < 4.78 is 7.76. The van der Waals surface area contributed by atoms with Crippen LogP contribution in [-0.4, -0.2) is 16.7 Å². The van der Waals surface area contributed by atoms with Crippen molar-refractivity contribution in [1.29, 1.82) is 0 Å². The molecule has 0 radical (unpaired) electrons.